The van der Waals surface area contributed by atoms with Crippen LogP contribution in [-0.4, -0.2) is 16.8 Å². The number of carbonyl (C=O) groups is 1. The number of amides is 1. The van der Waals surface area contributed by atoms with Gasteiger partial charge in [-0.2, -0.15) is 0 Å². The Morgan fingerprint density at radius 2 is 1.27 bits per heavy atom. The van der Waals surface area contributed by atoms with E-state index in [1.54, 1.807) is 6.92 Å². The van der Waals surface area contributed by atoms with Crippen molar-refractivity contribution >= 4 is 39.1 Å². The van der Waals surface area contributed by atoms with Gasteiger partial charge in [0.1, 0.15) is 0 Å². The van der Waals surface area contributed by atoms with Gasteiger partial charge >= 0.3 is 0 Å². The van der Waals surface area contributed by atoms with Crippen molar-refractivity contribution in [3.63, 3.8) is 0 Å². The number of rotatable bonds is 8. The number of hydrogen-bond donors (Lipinski definition) is 0. The maximum Gasteiger partial charge on any atom is 0.220 e. The fraction of sp³-hybridized carbons (Fsp3) is 0.206. The second-order valence-corrected chi connectivity index (χ2v) is 10.4. The first-order valence-electron chi connectivity index (χ1n) is 13.0. The largest absolute Gasteiger partial charge is 0.335 e. The Morgan fingerprint density at radius 3 is 1.86 bits per heavy atom. The lowest BCUT2D eigenvalue weighted by Crippen LogP contribution is -2.40. The third-order valence-corrected chi connectivity index (χ3v) is 7.75. The van der Waals surface area contributed by atoms with E-state index in [4.69, 9.17) is 11.6 Å². The quantitative estimate of drug-likeness (QED) is 0.206. The molecule has 186 valence electrons. The van der Waals surface area contributed by atoms with Crippen LogP contribution in [-0.2, 0) is 17.8 Å². The molecule has 1 amide bonds. The summed E-state index contributed by atoms with van der Waals surface area (Å²) in [5.74, 6) is 0.262. The van der Waals surface area contributed by atoms with Gasteiger partial charge in [-0.05, 0) is 76.2 Å². The Morgan fingerprint density at radius 1 is 0.730 bits per heavy atom. The molecule has 5 aromatic carbocycles. The summed E-state index contributed by atoms with van der Waals surface area (Å²) in [6.45, 7) is 4.45. The van der Waals surface area contributed by atoms with Crippen LogP contribution in [0.15, 0.2) is 109 Å². The maximum atomic E-state index is 13.0. The van der Waals surface area contributed by atoms with Crippen molar-refractivity contribution in [3.05, 3.63) is 131 Å². The standard InChI is InChI=1S/C34H32ClNO/c1-24(36(25(2)37)23-27-12-15-29-8-4-6-10-32(29)22-27)34(30-16-18-33(35)19-17-30)20-13-26-11-14-28-7-3-5-9-31(28)21-26/h3-12,14-19,21-22,24,34H,13,20,23H2,1-2H3. The van der Waals surface area contributed by atoms with Gasteiger partial charge in [0.2, 0.25) is 5.91 Å². The fourth-order valence-corrected chi connectivity index (χ4v) is 5.53. The van der Waals surface area contributed by atoms with E-state index in [1.165, 1.54) is 32.7 Å². The predicted molar refractivity (Wildman–Crippen MR) is 156 cm³/mol. The summed E-state index contributed by atoms with van der Waals surface area (Å²) in [4.78, 5) is 15.0. The second-order valence-electron chi connectivity index (χ2n) is 9.95. The molecule has 5 rings (SSSR count). The minimum atomic E-state index is 0.0191. The zero-order chi connectivity index (χ0) is 25.8. The number of nitrogens with zero attached hydrogens (tertiary/aromatic N) is 1. The van der Waals surface area contributed by atoms with E-state index in [0.717, 1.165) is 23.4 Å². The van der Waals surface area contributed by atoms with Gasteiger partial charge in [-0.15, -0.1) is 0 Å². The zero-order valence-corrected chi connectivity index (χ0v) is 22.2. The highest BCUT2D eigenvalue weighted by molar-refractivity contribution is 6.30. The molecule has 0 N–H and O–H groups in total. The molecule has 0 radical (unpaired) electrons. The lowest BCUT2D eigenvalue weighted by Gasteiger charge is -2.35. The van der Waals surface area contributed by atoms with E-state index in [9.17, 15) is 4.79 Å². The van der Waals surface area contributed by atoms with Crippen LogP contribution in [0, 0.1) is 0 Å². The molecule has 2 unspecified atom stereocenters. The zero-order valence-electron chi connectivity index (χ0n) is 21.4. The van der Waals surface area contributed by atoms with Gasteiger partial charge in [0.25, 0.3) is 0 Å². The molecule has 0 aliphatic carbocycles. The molecule has 0 heterocycles. The highest BCUT2D eigenvalue weighted by Crippen LogP contribution is 2.31. The SMILES string of the molecule is CC(=O)N(Cc1ccc2ccccc2c1)C(C)C(CCc1ccc2ccccc2c1)c1ccc(Cl)cc1. The summed E-state index contributed by atoms with van der Waals surface area (Å²) in [5, 5.41) is 5.65. The first-order valence-corrected chi connectivity index (χ1v) is 13.3. The Balaban J connectivity index is 1.42. The maximum absolute atomic E-state index is 13.0. The minimum absolute atomic E-state index is 0.0191. The highest BCUT2D eigenvalue weighted by Gasteiger charge is 2.27. The lowest BCUT2D eigenvalue weighted by atomic mass is 9.85. The lowest BCUT2D eigenvalue weighted by molar-refractivity contribution is -0.132. The number of carbonyl (C=O) groups excluding carboxylic acids is 1. The molecule has 0 fully saturated rings. The van der Waals surface area contributed by atoms with E-state index in [2.05, 4.69) is 104 Å². The van der Waals surface area contributed by atoms with Crippen LogP contribution < -0.4 is 0 Å². The van der Waals surface area contributed by atoms with Gasteiger partial charge in [0.05, 0.1) is 0 Å². The first-order chi connectivity index (χ1) is 18.0. The average molecular weight is 506 g/mol. The predicted octanol–water partition coefficient (Wildman–Crippen LogP) is 8.80. The monoisotopic (exact) mass is 505 g/mol. The number of benzene rings is 5. The van der Waals surface area contributed by atoms with Crippen LogP contribution in [0.2, 0.25) is 5.02 Å². The molecule has 5 aromatic rings. The van der Waals surface area contributed by atoms with Crippen LogP contribution in [0.25, 0.3) is 21.5 Å². The third-order valence-electron chi connectivity index (χ3n) is 7.50. The van der Waals surface area contributed by atoms with Gasteiger partial charge in [0.15, 0.2) is 0 Å². The van der Waals surface area contributed by atoms with E-state index in [-0.39, 0.29) is 17.9 Å². The van der Waals surface area contributed by atoms with E-state index >= 15 is 0 Å². The molecule has 0 aliphatic rings. The molecule has 0 bridgehead atoms. The smallest absolute Gasteiger partial charge is 0.220 e. The summed E-state index contributed by atoms with van der Waals surface area (Å²) in [7, 11) is 0. The van der Waals surface area contributed by atoms with Gasteiger partial charge in [-0.25, -0.2) is 0 Å². The molecular formula is C34H32ClNO. The van der Waals surface area contributed by atoms with Crippen molar-refractivity contribution in [2.45, 2.75) is 45.2 Å². The number of halogens is 1. The van der Waals surface area contributed by atoms with Crippen LogP contribution >= 0.6 is 11.6 Å². The van der Waals surface area contributed by atoms with Crippen molar-refractivity contribution in [1.29, 1.82) is 0 Å². The van der Waals surface area contributed by atoms with Gasteiger partial charge in [-0.3, -0.25) is 4.79 Å². The van der Waals surface area contributed by atoms with E-state index in [0.29, 0.717) is 6.54 Å². The second kappa shape index (κ2) is 11.2. The van der Waals surface area contributed by atoms with Crippen molar-refractivity contribution in [2.75, 3.05) is 0 Å². The average Bonchev–Trinajstić information content (AvgIpc) is 2.92. The minimum Gasteiger partial charge on any atom is -0.335 e. The van der Waals surface area contributed by atoms with Crippen molar-refractivity contribution < 1.29 is 4.79 Å². The topological polar surface area (TPSA) is 20.3 Å². The molecule has 0 spiro atoms. The normalized spacial score (nSPS) is 12.9. The Labute approximate surface area is 224 Å². The van der Waals surface area contributed by atoms with E-state index in [1.807, 2.05) is 17.0 Å². The molecule has 0 aliphatic heterocycles. The van der Waals surface area contributed by atoms with Crippen LogP contribution in [0.1, 0.15) is 42.9 Å². The van der Waals surface area contributed by atoms with Crippen molar-refractivity contribution in [3.8, 4) is 0 Å². The van der Waals surface area contributed by atoms with Crippen LogP contribution in [0.4, 0.5) is 0 Å². The fourth-order valence-electron chi connectivity index (χ4n) is 5.41. The number of aryl methyl sites for hydroxylation is 1. The van der Waals surface area contributed by atoms with Crippen LogP contribution in [0.5, 0.6) is 0 Å². The Hall–Kier alpha value is -3.62. The molecule has 0 saturated heterocycles. The van der Waals surface area contributed by atoms with E-state index < -0.39 is 0 Å². The van der Waals surface area contributed by atoms with Crippen molar-refractivity contribution in [1.82, 2.24) is 4.90 Å². The summed E-state index contributed by atoms with van der Waals surface area (Å²) >= 11 is 6.23. The molecule has 2 atom stereocenters. The summed E-state index contributed by atoms with van der Waals surface area (Å²) in [5.41, 5.74) is 3.67. The molecule has 3 heteroatoms. The Bertz CT molecular complexity index is 1520. The summed E-state index contributed by atoms with van der Waals surface area (Å²) < 4.78 is 0. The Kier molecular flexibility index (Phi) is 7.58. The highest BCUT2D eigenvalue weighted by atomic mass is 35.5. The van der Waals surface area contributed by atoms with Crippen molar-refractivity contribution in [2.24, 2.45) is 0 Å². The summed E-state index contributed by atoms with van der Waals surface area (Å²) in [6, 6.07) is 38.2. The summed E-state index contributed by atoms with van der Waals surface area (Å²) in [6.07, 6.45) is 1.87. The van der Waals surface area contributed by atoms with Gasteiger partial charge in [-0.1, -0.05) is 103 Å². The molecule has 0 aromatic heterocycles. The van der Waals surface area contributed by atoms with Gasteiger partial charge in [0, 0.05) is 30.5 Å². The van der Waals surface area contributed by atoms with Gasteiger partial charge < -0.3 is 4.90 Å². The molecular weight excluding hydrogens is 474 g/mol. The number of hydrogen-bond acceptors (Lipinski definition) is 1. The third kappa shape index (κ3) is 5.87. The molecule has 0 saturated carbocycles. The van der Waals surface area contributed by atoms with Crippen LogP contribution in [0.3, 0.4) is 0 Å². The molecule has 37 heavy (non-hydrogen) atoms. The first kappa shape index (κ1) is 25.0. The number of fused-ring (bicyclic) bond motifs is 2. The molecule has 2 nitrogen and oxygen atoms in total.